The number of halogens is 3. The summed E-state index contributed by atoms with van der Waals surface area (Å²) in [6, 6.07) is 4.77. The van der Waals surface area contributed by atoms with Gasteiger partial charge in [0.2, 0.25) is 0 Å². The molecule has 1 N–H and O–H groups in total. The molecule has 1 saturated heterocycles. The third-order valence-corrected chi connectivity index (χ3v) is 4.54. The Morgan fingerprint density at radius 3 is 2.37 bits per heavy atom. The molecule has 0 saturated carbocycles. The van der Waals surface area contributed by atoms with Gasteiger partial charge in [-0.1, -0.05) is 25.4 Å². The summed E-state index contributed by atoms with van der Waals surface area (Å²) in [4.78, 5) is 4.02. The molecule has 112 valence electrons. The summed E-state index contributed by atoms with van der Waals surface area (Å²) in [7, 11) is 0. The molecule has 2 nitrogen and oxygen atoms in total. The van der Waals surface area contributed by atoms with Crippen LogP contribution in [0.4, 0.5) is 0 Å². The van der Waals surface area contributed by atoms with Crippen LogP contribution in [0.5, 0.6) is 0 Å². The number of hydrogen-bond acceptors (Lipinski definition) is 3. The SMILES string of the molecule is CC(C)C[C@H](c1ccc(Cl)s1)N1CCNCC1.Cl.Cl. The van der Waals surface area contributed by atoms with Crippen LogP contribution < -0.4 is 5.32 Å². The summed E-state index contributed by atoms with van der Waals surface area (Å²) < 4.78 is 0.906. The fourth-order valence-corrected chi connectivity index (χ4v) is 3.60. The highest BCUT2D eigenvalue weighted by atomic mass is 35.5. The first-order valence-electron chi connectivity index (χ1n) is 6.37. The van der Waals surface area contributed by atoms with Gasteiger partial charge in [-0.15, -0.1) is 36.2 Å². The van der Waals surface area contributed by atoms with E-state index in [2.05, 4.69) is 30.1 Å². The van der Waals surface area contributed by atoms with E-state index in [1.165, 1.54) is 11.3 Å². The molecule has 1 aliphatic heterocycles. The Kier molecular flexibility index (Phi) is 9.67. The molecule has 2 rings (SSSR count). The lowest BCUT2D eigenvalue weighted by Gasteiger charge is -2.35. The van der Waals surface area contributed by atoms with Crippen LogP contribution in [-0.2, 0) is 0 Å². The fourth-order valence-electron chi connectivity index (χ4n) is 2.39. The number of thiophene rings is 1. The van der Waals surface area contributed by atoms with Crippen LogP contribution in [0.3, 0.4) is 0 Å². The van der Waals surface area contributed by atoms with Crippen LogP contribution in [0.2, 0.25) is 4.34 Å². The number of piperazine rings is 1. The van der Waals surface area contributed by atoms with Gasteiger partial charge in [0.15, 0.2) is 0 Å². The molecule has 0 aliphatic carbocycles. The number of nitrogens with zero attached hydrogens (tertiary/aromatic N) is 1. The molecule has 1 atom stereocenters. The van der Waals surface area contributed by atoms with Crippen molar-refractivity contribution in [1.29, 1.82) is 0 Å². The molecule has 1 aliphatic rings. The van der Waals surface area contributed by atoms with E-state index in [-0.39, 0.29) is 24.8 Å². The third kappa shape index (κ3) is 5.78. The van der Waals surface area contributed by atoms with Crippen molar-refractivity contribution in [2.75, 3.05) is 26.2 Å². The Morgan fingerprint density at radius 2 is 1.89 bits per heavy atom. The fraction of sp³-hybridized carbons (Fsp3) is 0.692. The Bertz CT molecular complexity index is 351. The normalized spacial score (nSPS) is 17.7. The molecule has 1 fully saturated rings. The van der Waals surface area contributed by atoms with Crippen LogP contribution in [0.1, 0.15) is 31.2 Å². The molecule has 6 heteroatoms. The minimum Gasteiger partial charge on any atom is -0.314 e. The van der Waals surface area contributed by atoms with Crippen LogP contribution >= 0.6 is 47.8 Å². The summed E-state index contributed by atoms with van der Waals surface area (Å²) in [6.07, 6.45) is 1.22. The summed E-state index contributed by atoms with van der Waals surface area (Å²) in [6.45, 7) is 9.09. The topological polar surface area (TPSA) is 15.3 Å². The largest absolute Gasteiger partial charge is 0.314 e. The first-order valence-corrected chi connectivity index (χ1v) is 7.56. The van der Waals surface area contributed by atoms with E-state index in [1.807, 2.05) is 6.07 Å². The van der Waals surface area contributed by atoms with Crippen LogP contribution in [0.25, 0.3) is 0 Å². The molecule has 1 aromatic heterocycles. The standard InChI is InChI=1S/C13H21ClN2S.2ClH/c1-10(2)9-11(12-3-4-13(14)17-12)16-7-5-15-6-8-16;;/h3-4,10-11,15H,5-9H2,1-2H3;2*1H/t11-;;/m1../s1. The van der Waals surface area contributed by atoms with Gasteiger partial charge in [0, 0.05) is 37.1 Å². The van der Waals surface area contributed by atoms with Gasteiger partial charge in [-0.2, -0.15) is 0 Å². The molecular formula is C13H23Cl3N2S. The second-order valence-electron chi connectivity index (χ2n) is 5.07. The molecular weight excluding hydrogens is 323 g/mol. The molecule has 0 amide bonds. The molecule has 2 heterocycles. The Morgan fingerprint density at radius 1 is 1.26 bits per heavy atom. The van der Waals surface area contributed by atoms with Crippen molar-refractivity contribution >= 4 is 47.8 Å². The van der Waals surface area contributed by atoms with E-state index < -0.39 is 0 Å². The van der Waals surface area contributed by atoms with Gasteiger partial charge < -0.3 is 5.32 Å². The lowest BCUT2D eigenvalue weighted by Crippen LogP contribution is -2.45. The highest BCUT2D eigenvalue weighted by Gasteiger charge is 2.24. The van der Waals surface area contributed by atoms with Crippen LogP contribution in [0.15, 0.2) is 12.1 Å². The maximum absolute atomic E-state index is 6.07. The molecule has 0 unspecified atom stereocenters. The molecule has 0 spiro atoms. The summed E-state index contributed by atoms with van der Waals surface area (Å²) >= 11 is 7.80. The van der Waals surface area contributed by atoms with E-state index in [0.717, 1.165) is 36.4 Å². The average Bonchev–Trinajstić information content (AvgIpc) is 2.73. The zero-order valence-corrected chi connectivity index (χ0v) is 14.6. The van der Waals surface area contributed by atoms with E-state index in [1.54, 1.807) is 11.3 Å². The maximum Gasteiger partial charge on any atom is 0.0931 e. The third-order valence-electron chi connectivity index (χ3n) is 3.21. The number of rotatable bonds is 4. The Balaban J connectivity index is 0.00000162. The predicted octanol–water partition coefficient (Wildman–Crippen LogP) is 4.24. The molecule has 1 aromatic rings. The van der Waals surface area contributed by atoms with E-state index in [4.69, 9.17) is 11.6 Å². The van der Waals surface area contributed by atoms with Crippen molar-refractivity contribution in [2.45, 2.75) is 26.3 Å². The van der Waals surface area contributed by atoms with Gasteiger partial charge in [0.05, 0.1) is 4.34 Å². The second-order valence-corrected chi connectivity index (χ2v) is 6.82. The lowest BCUT2D eigenvalue weighted by molar-refractivity contribution is 0.156. The highest BCUT2D eigenvalue weighted by molar-refractivity contribution is 7.16. The average molecular weight is 346 g/mol. The first-order chi connectivity index (χ1) is 8.16. The maximum atomic E-state index is 6.07. The summed E-state index contributed by atoms with van der Waals surface area (Å²) in [5.74, 6) is 0.718. The lowest BCUT2D eigenvalue weighted by atomic mass is 10.0. The zero-order valence-electron chi connectivity index (χ0n) is 11.4. The van der Waals surface area contributed by atoms with Gasteiger partial charge in [-0.25, -0.2) is 0 Å². The summed E-state index contributed by atoms with van der Waals surface area (Å²) in [5.41, 5.74) is 0. The smallest absolute Gasteiger partial charge is 0.0931 e. The zero-order chi connectivity index (χ0) is 12.3. The van der Waals surface area contributed by atoms with Gasteiger partial charge in [0.1, 0.15) is 0 Å². The monoisotopic (exact) mass is 344 g/mol. The van der Waals surface area contributed by atoms with Crippen molar-refractivity contribution in [2.24, 2.45) is 5.92 Å². The predicted molar refractivity (Wildman–Crippen MR) is 90.5 cm³/mol. The number of hydrogen-bond donors (Lipinski definition) is 1. The quantitative estimate of drug-likeness (QED) is 0.878. The molecule has 0 bridgehead atoms. The molecule has 0 aromatic carbocycles. The van der Waals surface area contributed by atoms with Gasteiger partial charge in [-0.3, -0.25) is 4.90 Å². The number of nitrogens with one attached hydrogen (secondary N) is 1. The van der Waals surface area contributed by atoms with Crippen molar-refractivity contribution in [1.82, 2.24) is 10.2 Å². The van der Waals surface area contributed by atoms with E-state index in [9.17, 15) is 0 Å². The van der Waals surface area contributed by atoms with E-state index in [0.29, 0.717) is 6.04 Å². The van der Waals surface area contributed by atoms with Gasteiger partial charge >= 0.3 is 0 Å². The Hall–Kier alpha value is 0.490. The summed E-state index contributed by atoms with van der Waals surface area (Å²) in [5, 5.41) is 3.42. The molecule has 19 heavy (non-hydrogen) atoms. The van der Waals surface area contributed by atoms with E-state index >= 15 is 0 Å². The highest BCUT2D eigenvalue weighted by Crippen LogP contribution is 2.34. The van der Waals surface area contributed by atoms with Crippen molar-refractivity contribution in [3.63, 3.8) is 0 Å². The van der Waals surface area contributed by atoms with Crippen LogP contribution in [-0.4, -0.2) is 31.1 Å². The minimum atomic E-state index is 0. The van der Waals surface area contributed by atoms with Crippen molar-refractivity contribution < 1.29 is 0 Å². The van der Waals surface area contributed by atoms with Gasteiger partial charge in [0.25, 0.3) is 0 Å². The second kappa shape index (κ2) is 9.43. The van der Waals surface area contributed by atoms with Crippen LogP contribution in [0, 0.1) is 5.92 Å². The first kappa shape index (κ1) is 19.5. The molecule has 0 radical (unpaired) electrons. The van der Waals surface area contributed by atoms with Crippen molar-refractivity contribution in [3.05, 3.63) is 21.3 Å². The Labute approximate surface area is 137 Å². The van der Waals surface area contributed by atoms with Crippen molar-refractivity contribution in [3.8, 4) is 0 Å². The minimum absolute atomic E-state index is 0. The van der Waals surface area contributed by atoms with Gasteiger partial charge in [-0.05, 0) is 24.5 Å².